The van der Waals surface area contributed by atoms with Crippen molar-refractivity contribution in [2.75, 3.05) is 19.8 Å². The van der Waals surface area contributed by atoms with Gasteiger partial charge in [0.2, 0.25) is 0 Å². The monoisotopic (exact) mass is 293 g/mol. The van der Waals surface area contributed by atoms with Crippen molar-refractivity contribution in [2.45, 2.75) is 32.7 Å². The van der Waals surface area contributed by atoms with Crippen LogP contribution in [0.25, 0.3) is 0 Å². The summed E-state index contributed by atoms with van der Waals surface area (Å²) in [5.41, 5.74) is 1.06. The highest BCUT2D eigenvalue weighted by Gasteiger charge is 2.17. The Labute approximate surface area is 125 Å². The van der Waals surface area contributed by atoms with Crippen LogP contribution < -0.4 is 14.8 Å². The van der Waals surface area contributed by atoms with Gasteiger partial charge in [0.15, 0.2) is 11.5 Å². The van der Waals surface area contributed by atoms with Crippen LogP contribution in [0.15, 0.2) is 18.2 Å². The third-order valence-corrected chi connectivity index (χ3v) is 3.32. The Morgan fingerprint density at radius 2 is 2.00 bits per heavy atom. The topological polar surface area (TPSA) is 67.8 Å². The maximum absolute atomic E-state index is 11.0. The second-order valence-corrected chi connectivity index (χ2v) is 5.78. The number of benzene rings is 1. The number of carboxylic acids is 1. The lowest BCUT2D eigenvalue weighted by atomic mass is 10.0. The molecule has 5 heteroatoms. The highest BCUT2D eigenvalue weighted by Crippen LogP contribution is 2.31. The first-order valence-corrected chi connectivity index (χ1v) is 7.38. The molecule has 1 unspecified atom stereocenters. The zero-order chi connectivity index (χ0) is 15.2. The summed E-state index contributed by atoms with van der Waals surface area (Å²) in [6.07, 6.45) is 0.775. The average Bonchev–Trinajstić information content (AvgIpc) is 2.44. The van der Waals surface area contributed by atoms with E-state index in [4.69, 9.17) is 14.6 Å². The van der Waals surface area contributed by atoms with Gasteiger partial charge >= 0.3 is 5.97 Å². The van der Waals surface area contributed by atoms with Crippen molar-refractivity contribution in [1.29, 1.82) is 0 Å². The molecule has 0 bridgehead atoms. The summed E-state index contributed by atoms with van der Waals surface area (Å²) >= 11 is 0. The summed E-state index contributed by atoms with van der Waals surface area (Å²) in [6.45, 7) is 6.15. The van der Waals surface area contributed by atoms with Gasteiger partial charge in [0.25, 0.3) is 0 Å². The third-order valence-electron chi connectivity index (χ3n) is 3.32. The molecule has 0 aromatic heterocycles. The molecular weight excluding hydrogens is 270 g/mol. The van der Waals surface area contributed by atoms with Crippen LogP contribution in [0.1, 0.15) is 25.8 Å². The van der Waals surface area contributed by atoms with Gasteiger partial charge in [0.05, 0.1) is 6.42 Å². The van der Waals surface area contributed by atoms with Crippen molar-refractivity contribution in [3.8, 4) is 11.5 Å². The van der Waals surface area contributed by atoms with E-state index in [2.05, 4.69) is 19.2 Å². The van der Waals surface area contributed by atoms with Crippen LogP contribution in [0.2, 0.25) is 0 Å². The van der Waals surface area contributed by atoms with E-state index in [9.17, 15) is 4.79 Å². The lowest BCUT2D eigenvalue weighted by Gasteiger charge is -2.21. The van der Waals surface area contributed by atoms with Gasteiger partial charge in [-0.15, -0.1) is 0 Å². The fourth-order valence-corrected chi connectivity index (χ4v) is 2.33. The van der Waals surface area contributed by atoms with Crippen LogP contribution >= 0.6 is 0 Å². The van der Waals surface area contributed by atoms with E-state index < -0.39 is 5.97 Å². The first kappa shape index (κ1) is 15.6. The summed E-state index contributed by atoms with van der Waals surface area (Å²) in [7, 11) is 0. The molecule has 0 saturated heterocycles. The largest absolute Gasteiger partial charge is 0.486 e. The Bertz CT molecular complexity index is 487. The number of carboxylic acid groups (broad SMARTS) is 1. The van der Waals surface area contributed by atoms with E-state index in [-0.39, 0.29) is 12.5 Å². The molecule has 1 aromatic rings. The van der Waals surface area contributed by atoms with E-state index in [0.717, 1.165) is 23.6 Å². The van der Waals surface area contributed by atoms with Crippen LogP contribution in [-0.2, 0) is 11.2 Å². The molecule has 1 heterocycles. The minimum absolute atomic E-state index is 0.0764. The third kappa shape index (κ3) is 4.93. The quantitative estimate of drug-likeness (QED) is 0.805. The molecule has 1 aromatic carbocycles. The molecule has 21 heavy (non-hydrogen) atoms. The number of ether oxygens (including phenoxy) is 2. The molecule has 0 spiro atoms. The molecular formula is C16H23NO4. The number of aliphatic carboxylic acids is 1. The van der Waals surface area contributed by atoms with E-state index in [1.54, 1.807) is 0 Å². The van der Waals surface area contributed by atoms with Crippen LogP contribution in [-0.4, -0.2) is 36.9 Å². The van der Waals surface area contributed by atoms with Gasteiger partial charge < -0.3 is 19.9 Å². The molecule has 5 nitrogen and oxygen atoms in total. The first-order chi connectivity index (χ1) is 10.0. The predicted molar refractivity (Wildman–Crippen MR) is 80.0 cm³/mol. The van der Waals surface area contributed by atoms with Gasteiger partial charge in [-0.2, -0.15) is 0 Å². The summed E-state index contributed by atoms with van der Waals surface area (Å²) in [4.78, 5) is 11.0. The molecule has 1 aliphatic rings. The predicted octanol–water partition coefficient (Wildman–Crippen LogP) is 2.09. The Morgan fingerprint density at radius 1 is 1.29 bits per heavy atom. The Hall–Kier alpha value is -1.75. The van der Waals surface area contributed by atoms with Gasteiger partial charge in [0.1, 0.15) is 13.2 Å². The molecule has 0 saturated carbocycles. The highest BCUT2D eigenvalue weighted by molar-refractivity contribution is 5.67. The molecule has 1 aliphatic heterocycles. The normalized spacial score (nSPS) is 15.0. The zero-order valence-corrected chi connectivity index (χ0v) is 12.6. The van der Waals surface area contributed by atoms with Crippen molar-refractivity contribution in [2.24, 2.45) is 5.92 Å². The molecule has 0 fully saturated rings. The number of fused-ring (bicyclic) bond motifs is 1. The molecule has 2 rings (SSSR count). The SMILES string of the molecule is CC(C)CNC(CC(=O)O)Cc1ccc2c(c1)OCCO2. The summed E-state index contributed by atoms with van der Waals surface area (Å²) < 4.78 is 11.1. The lowest BCUT2D eigenvalue weighted by molar-refractivity contribution is -0.137. The maximum atomic E-state index is 11.0. The van der Waals surface area contributed by atoms with Crippen LogP contribution in [0.4, 0.5) is 0 Å². The molecule has 1 atom stereocenters. The second kappa shape index (κ2) is 7.31. The number of nitrogens with one attached hydrogen (secondary N) is 1. The number of hydrogen-bond acceptors (Lipinski definition) is 4. The molecule has 0 aliphatic carbocycles. The van der Waals surface area contributed by atoms with E-state index in [1.807, 2.05) is 18.2 Å². The fourth-order valence-electron chi connectivity index (χ4n) is 2.33. The highest BCUT2D eigenvalue weighted by atomic mass is 16.6. The first-order valence-electron chi connectivity index (χ1n) is 7.38. The van der Waals surface area contributed by atoms with E-state index in [1.165, 1.54) is 0 Å². The standard InChI is InChI=1S/C16H23NO4/c1-11(2)10-17-13(9-16(18)19)7-12-3-4-14-15(8-12)21-6-5-20-14/h3-4,8,11,13,17H,5-7,9-10H2,1-2H3,(H,18,19). The summed E-state index contributed by atoms with van der Waals surface area (Å²) in [5.74, 6) is 1.21. The number of rotatable bonds is 7. The number of hydrogen-bond donors (Lipinski definition) is 2. The molecule has 2 N–H and O–H groups in total. The van der Waals surface area contributed by atoms with Crippen molar-refractivity contribution in [1.82, 2.24) is 5.32 Å². The van der Waals surface area contributed by atoms with E-state index in [0.29, 0.717) is 25.6 Å². The van der Waals surface area contributed by atoms with Crippen molar-refractivity contribution < 1.29 is 19.4 Å². The summed E-state index contributed by atoms with van der Waals surface area (Å²) in [6, 6.07) is 5.73. The van der Waals surface area contributed by atoms with Gasteiger partial charge in [-0.25, -0.2) is 0 Å². The van der Waals surface area contributed by atoms with Gasteiger partial charge in [-0.1, -0.05) is 19.9 Å². The van der Waals surface area contributed by atoms with Gasteiger partial charge in [-0.3, -0.25) is 4.79 Å². The van der Waals surface area contributed by atoms with Crippen LogP contribution in [0.5, 0.6) is 11.5 Å². The fraction of sp³-hybridized carbons (Fsp3) is 0.562. The van der Waals surface area contributed by atoms with E-state index >= 15 is 0 Å². The number of carbonyl (C=O) groups is 1. The minimum atomic E-state index is -0.784. The van der Waals surface area contributed by atoms with Crippen molar-refractivity contribution >= 4 is 5.97 Å². The smallest absolute Gasteiger partial charge is 0.304 e. The minimum Gasteiger partial charge on any atom is -0.486 e. The second-order valence-electron chi connectivity index (χ2n) is 5.78. The summed E-state index contributed by atoms with van der Waals surface area (Å²) in [5, 5.41) is 12.4. The van der Waals surface area contributed by atoms with Crippen molar-refractivity contribution in [3.05, 3.63) is 23.8 Å². The van der Waals surface area contributed by atoms with Gasteiger partial charge in [0, 0.05) is 6.04 Å². The van der Waals surface area contributed by atoms with Crippen LogP contribution in [0, 0.1) is 5.92 Å². The molecule has 0 amide bonds. The maximum Gasteiger partial charge on any atom is 0.304 e. The lowest BCUT2D eigenvalue weighted by Crippen LogP contribution is -2.35. The Morgan fingerprint density at radius 3 is 2.67 bits per heavy atom. The average molecular weight is 293 g/mol. The molecule has 0 radical (unpaired) electrons. The van der Waals surface area contributed by atoms with Gasteiger partial charge in [-0.05, 0) is 36.6 Å². The van der Waals surface area contributed by atoms with Crippen LogP contribution in [0.3, 0.4) is 0 Å². The Balaban J connectivity index is 2.02. The zero-order valence-electron chi connectivity index (χ0n) is 12.6. The molecule has 116 valence electrons. The Kier molecular flexibility index (Phi) is 5.44. The van der Waals surface area contributed by atoms with Crippen molar-refractivity contribution in [3.63, 3.8) is 0 Å².